The second-order valence-corrected chi connectivity index (χ2v) is 7.20. The molecule has 3 aliphatic rings. The number of ether oxygens (including phenoxy) is 3. The van der Waals surface area contributed by atoms with Crippen molar-refractivity contribution in [3.05, 3.63) is 0 Å². The van der Waals surface area contributed by atoms with E-state index in [4.69, 9.17) is 14.2 Å². The minimum Gasteiger partial charge on any atom is -0.379 e. The fourth-order valence-corrected chi connectivity index (χ4v) is 3.66. The van der Waals surface area contributed by atoms with Gasteiger partial charge in [0.05, 0.1) is 39.6 Å². The number of morpholine rings is 3. The molecule has 0 N–H and O–H groups in total. The number of hydrogen-bond acceptors (Lipinski definition) is 7. The Labute approximate surface area is 152 Å². The van der Waals surface area contributed by atoms with E-state index in [1.165, 1.54) is 0 Å². The summed E-state index contributed by atoms with van der Waals surface area (Å²) in [7, 11) is 0. The highest BCUT2D eigenvalue weighted by Crippen LogP contribution is 2.02. The maximum Gasteiger partial charge on any atom is 0.0594 e. The van der Waals surface area contributed by atoms with Gasteiger partial charge in [0.15, 0.2) is 0 Å². The number of hydrogen-bond donors (Lipinski definition) is 0. The standard InChI is InChI=1S/C18H36N4O3/c1(4-20-7-13-23-14-8-20)19(2-5-21-9-15-24-16-10-21)3-6-22-11-17-25-18-12-22/h1-18H2. The average Bonchev–Trinajstić information content (AvgIpc) is 2.70. The summed E-state index contributed by atoms with van der Waals surface area (Å²) in [5.41, 5.74) is 0. The fourth-order valence-electron chi connectivity index (χ4n) is 3.66. The summed E-state index contributed by atoms with van der Waals surface area (Å²) in [4.78, 5) is 10.3. The van der Waals surface area contributed by atoms with Gasteiger partial charge in [-0.1, -0.05) is 0 Å². The van der Waals surface area contributed by atoms with Crippen LogP contribution >= 0.6 is 0 Å². The van der Waals surface area contributed by atoms with Crippen LogP contribution in [0.25, 0.3) is 0 Å². The first-order chi connectivity index (χ1) is 12.4. The van der Waals surface area contributed by atoms with E-state index in [9.17, 15) is 0 Å². The van der Waals surface area contributed by atoms with Crippen molar-refractivity contribution in [3.63, 3.8) is 0 Å². The Hall–Kier alpha value is -0.280. The van der Waals surface area contributed by atoms with Gasteiger partial charge in [-0.3, -0.25) is 19.6 Å². The normalized spacial score (nSPS) is 24.8. The van der Waals surface area contributed by atoms with Gasteiger partial charge in [0.25, 0.3) is 0 Å². The first-order valence-corrected chi connectivity index (χ1v) is 10.0. The van der Waals surface area contributed by atoms with Gasteiger partial charge in [-0.2, -0.15) is 0 Å². The lowest BCUT2D eigenvalue weighted by Gasteiger charge is -2.34. The largest absolute Gasteiger partial charge is 0.379 e. The molecule has 0 saturated carbocycles. The van der Waals surface area contributed by atoms with Gasteiger partial charge < -0.3 is 14.2 Å². The van der Waals surface area contributed by atoms with Crippen LogP contribution in [0.2, 0.25) is 0 Å². The summed E-state index contributed by atoms with van der Waals surface area (Å²) in [6, 6.07) is 0. The van der Waals surface area contributed by atoms with Crippen LogP contribution in [0.15, 0.2) is 0 Å². The predicted molar refractivity (Wildman–Crippen MR) is 98.2 cm³/mol. The fraction of sp³-hybridized carbons (Fsp3) is 1.00. The molecular weight excluding hydrogens is 320 g/mol. The Balaban J connectivity index is 1.39. The Morgan fingerprint density at radius 1 is 0.480 bits per heavy atom. The van der Waals surface area contributed by atoms with Crippen LogP contribution in [-0.4, -0.2) is 138 Å². The van der Waals surface area contributed by atoms with E-state index in [1.54, 1.807) is 0 Å². The number of nitrogens with zero attached hydrogens (tertiary/aromatic N) is 4. The van der Waals surface area contributed by atoms with Gasteiger partial charge >= 0.3 is 0 Å². The smallest absolute Gasteiger partial charge is 0.0594 e. The third-order valence-corrected chi connectivity index (χ3v) is 5.51. The van der Waals surface area contributed by atoms with Crippen molar-refractivity contribution in [2.75, 3.05) is 118 Å². The molecule has 0 amide bonds. The Kier molecular flexibility index (Phi) is 8.91. The average molecular weight is 357 g/mol. The molecule has 0 bridgehead atoms. The van der Waals surface area contributed by atoms with E-state index >= 15 is 0 Å². The molecule has 0 radical (unpaired) electrons. The minimum atomic E-state index is 0.890. The molecule has 3 rings (SSSR count). The Morgan fingerprint density at radius 3 is 1.04 bits per heavy atom. The summed E-state index contributed by atoms with van der Waals surface area (Å²) < 4.78 is 16.4. The second kappa shape index (κ2) is 11.4. The Bertz CT molecular complexity index is 291. The first kappa shape index (κ1) is 19.5. The molecule has 0 unspecified atom stereocenters. The monoisotopic (exact) mass is 356 g/mol. The third kappa shape index (κ3) is 7.46. The SMILES string of the molecule is C1CN(CCN(CCN2CCOCC2)CCN2CCOCC2)CCO1. The maximum atomic E-state index is 5.47. The lowest BCUT2D eigenvalue weighted by molar-refractivity contribution is 0.0189. The predicted octanol–water partition coefficient (Wildman–Crippen LogP) is -0.715. The van der Waals surface area contributed by atoms with Crippen molar-refractivity contribution in [2.24, 2.45) is 0 Å². The molecule has 3 saturated heterocycles. The van der Waals surface area contributed by atoms with Crippen LogP contribution in [0.4, 0.5) is 0 Å². The topological polar surface area (TPSA) is 40.7 Å². The van der Waals surface area contributed by atoms with Crippen molar-refractivity contribution in [3.8, 4) is 0 Å². The molecule has 0 aromatic heterocycles. The number of rotatable bonds is 9. The molecule has 7 heteroatoms. The summed E-state index contributed by atoms with van der Waals surface area (Å²) >= 11 is 0. The molecule has 0 spiro atoms. The lowest BCUT2D eigenvalue weighted by atomic mass is 10.3. The lowest BCUT2D eigenvalue weighted by Crippen LogP contribution is -2.47. The van der Waals surface area contributed by atoms with Crippen LogP contribution < -0.4 is 0 Å². The zero-order valence-corrected chi connectivity index (χ0v) is 15.7. The molecule has 3 fully saturated rings. The molecule has 146 valence electrons. The van der Waals surface area contributed by atoms with Gasteiger partial charge in [0.2, 0.25) is 0 Å². The van der Waals surface area contributed by atoms with E-state index < -0.39 is 0 Å². The molecule has 3 aliphatic heterocycles. The van der Waals surface area contributed by atoms with Gasteiger partial charge in [-0.05, 0) is 0 Å². The van der Waals surface area contributed by atoms with Crippen molar-refractivity contribution >= 4 is 0 Å². The van der Waals surface area contributed by atoms with Crippen molar-refractivity contribution in [2.45, 2.75) is 0 Å². The summed E-state index contributed by atoms with van der Waals surface area (Å²) in [6.45, 7) is 18.8. The molecule has 7 nitrogen and oxygen atoms in total. The van der Waals surface area contributed by atoms with Gasteiger partial charge in [0, 0.05) is 78.5 Å². The quantitative estimate of drug-likeness (QED) is 0.540. The van der Waals surface area contributed by atoms with E-state index in [-0.39, 0.29) is 0 Å². The summed E-state index contributed by atoms with van der Waals surface area (Å²) in [5.74, 6) is 0. The summed E-state index contributed by atoms with van der Waals surface area (Å²) in [5, 5.41) is 0. The van der Waals surface area contributed by atoms with Gasteiger partial charge in [0.1, 0.15) is 0 Å². The minimum absolute atomic E-state index is 0.890. The highest BCUT2D eigenvalue weighted by atomic mass is 16.5. The third-order valence-electron chi connectivity index (χ3n) is 5.51. The maximum absolute atomic E-state index is 5.47. The molecular formula is C18H36N4O3. The van der Waals surface area contributed by atoms with Crippen LogP contribution in [0, 0.1) is 0 Å². The molecule has 3 heterocycles. The molecule has 0 aromatic rings. The summed E-state index contributed by atoms with van der Waals surface area (Å²) in [6.07, 6.45) is 0. The van der Waals surface area contributed by atoms with Gasteiger partial charge in [-0.25, -0.2) is 0 Å². The van der Waals surface area contributed by atoms with E-state index in [0.29, 0.717) is 0 Å². The zero-order chi connectivity index (χ0) is 17.2. The van der Waals surface area contributed by atoms with Crippen LogP contribution in [0.1, 0.15) is 0 Å². The molecule has 0 aliphatic carbocycles. The first-order valence-electron chi connectivity index (χ1n) is 10.0. The van der Waals surface area contributed by atoms with Crippen molar-refractivity contribution < 1.29 is 14.2 Å². The molecule has 0 atom stereocenters. The van der Waals surface area contributed by atoms with Gasteiger partial charge in [-0.15, -0.1) is 0 Å². The highest BCUT2D eigenvalue weighted by molar-refractivity contribution is 4.71. The molecule has 0 aromatic carbocycles. The van der Waals surface area contributed by atoms with E-state index in [2.05, 4.69) is 19.6 Å². The van der Waals surface area contributed by atoms with Crippen LogP contribution in [0.3, 0.4) is 0 Å². The van der Waals surface area contributed by atoms with E-state index in [0.717, 1.165) is 118 Å². The van der Waals surface area contributed by atoms with Crippen molar-refractivity contribution in [1.82, 2.24) is 19.6 Å². The van der Waals surface area contributed by atoms with E-state index in [1.807, 2.05) is 0 Å². The zero-order valence-electron chi connectivity index (χ0n) is 15.7. The van der Waals surface area contributed by atoms with Crippen LogP contribution in [0.5, 0.6) is 0 Å². The highest BCUT2D eigenvalue weighted by Gasteiger charge is 2.17. The second-order valence-electron chi connectivity index (χ2n) is 7.20. The van der Waals surface area contributed by atoms with Crippen LogP contribution in [-0.2, 0) is 14.2 Å². The van der Waals surface area contributed by atoms with Crippen molar-refractivity contribution in [1.29, 1.82) is 0 Å². The molecule has 25 heavy (non-hydrogen) atoms. The Morgan fingerprint density at radius 2 is 0.760 bits per heavy atom.